The van der Waals surface area contributed by atoms with Gasteiger partial charge in [0, 0.05) is 17.7 Å². The molecule has 0 saturated carbocycles. The molecule has 1 unspecified atom stereocenters. The Bertz CT molecular complexity index is 456. The molecule has 6 heteroatoms. The number of primary amides is 1. The second kappa shape index (κ2) is 4.52. The summed E-state index contributed by atoms with van der Waals surface area (Å²) < 4.78 is 0. The molecule has 6 nitrogen and oxygen atoms in total. The largest absolute Gasteiger partial charge is 0.369 e. The maximum absolute atomic E-state index is 11.6. The van der Waals surface area contributed by atoms with Crippen LogP contribution in [0.1, 0.15) is 17.3 Å². The zero-order valence-corrected chi connectivity index (χ0v) is 8.54. The first kappa shape index (κ1) is 11.8. The number of hydrogen-bond acceptors (Lipinski definition) is 4. The first-order chi connectivity index (χ1) is 7.43. The molecule has 84 valence electrons. The van der Waals surface area contributed by atoms with Crippen molar-refractivity contribution in [2.24, 2.45) is 11.7 Å². The van der Waals surface area contributed by atoms with E-state index in [0.717, 1.165) is 6.07 Å². The number of benzene rings is 1. The van der Waals surface area contributed by atoms with Crippen LogP contribution in [-0.4, -0.2) is 16.6 Å². The highest BCUT2D eigenvalue weighted by molar-refractivity contribution is 6.09. The number of rotatable bonds is 4. The Balaban J connectivity index is 3.05. The lowest BCUT2D eigenvalue weighted by Crippen LogP contribution is -2.27. The van der Waals surface area contributed by atoms with Gasteiger partial charge in [-0.15, -0.1) is 0 Å². The van der Waals surface area contributed by atoms with Gasteiger partial charge in [-0.05, 0) is 6.92 Å². The molecular formula is C10H10N2O4. The monoisotopic (exact) mass is 222 g/mol. The molecule has 16 heavy (non-hydrogen) atoms. The van der Waals surface area contributed by atoms with Crippen LogP contribution in [0.5, 0.6) is 0 Å². The van der Waals surface area contributed by atoms with Gasteiger partial charge < -0.3 is 5.73 Å². The highest BCUT2D eigenvalue weighted by Crippen LogP contribution is 2.16. The van der Waals surface area contributed by atoms with Crippen LogP contribution in [0.4, 0.5) is 5.69 Å². The second-order valence-electron chi connectivity index (χ2n) is 3.30. The van der Waals surface area contributed by atoms with Crippen molar-refractivity contribution in [3.05, 3.63) is 39.9 Å². The first-order valence-electron chi connectivity index (χ1n) is 4.51. The molecule has 1 aromatic carbocycles. The van der Waals surface area contributed by atoms with Crippen molar-refractivity contribution in [2.75, 3.05) is 0 Å². The van der Waals surface area contributed by atoms with Crippen molar-refractivity contribution >= 4 is 17.4 Å². The number of hydrogen-bond donors (Lipinski definition) is 1. The number of carbonyl (C=O) groups excluding carboxylic acids is 2. The zero-order valence-electron chi connectivity index (χ0n) is 8.54. The van der Waals surface area contributed by atoms with Crippen LogP contribution in [0.3, 0.4) is 0 Å². The number of nitrogens with two attached hydrogens (primary N) is 1. The number of nitro benzene ring substituents is 1. The van der Waals surface area contributed by atoms with Crippen LogP contribution in [-0.2, 0) is 4.79 Å². The van der Waals surface area contributed by atoms with Crippen LogP contribution >= 0.6 is 0 Å². The third-order valence-corrected chi connectivity index (χ3v) is 2.16. The number of amides is 1. The van der Waals surface area contributed by atoms with Crippen LogP contribution in [0.2, 0.25) is 0 Å². The van der Waals surface area contributed by atoms with Gasteiger partial charge >= 0.3 is 0 Å². The molecular weight excluding hydrogens is 212 g/mol. The lowest BCUT2D eigenvalue weighted by Gasteiger charge is -2.05. The van der Waals surface area contributed by atoms with Crippen molar-refractivity contribution in [3.8, 4) is 0 Å². The summed E-state index contributed by atoms with van der Waals surface area (Å²) in [4.78, 5) is 32.3. The molecule has 0 saturated heterocycles. The molecule has 0 aliphatic heterocycles. The first-order valence-corrected chi connectivity index (χ1v) is 4.51. The van der Waals surface area contributed by atoms with E-state index < -0.39 is 22.5 Å². The highest BCUT2D eigenvalue weighted by Gasteiger charge is 2.21. The van der Waals surface area contributed by atoms with Crippen molar-refractivity contribution in [1.82, 2.24) is 0 Å². The van der Waals surface area contributed by atoms with E-state index >= 15 is 0 Å². The number of non-ortho nitro benzene ring substituents is 1. The van der Waals surface area contributed by atoms with Crippen LogP contribution in [0, 0.1) is 16.0 Å². The van der Waals surface area contributed by atoms with Gasteiger partial charge in [-0.25, -0.2) is 0 Å². The SMILES string of the molecule is CC(C(N)=O)C(=O)c1cccc([N+](=O)[O-])c1. The van der Waals surface area contributed by atoms with Gasteiger partial charge in [-0.3, -0.25) is 19.7 Å². The highest BCUT2D eigenvalue weighted by atomic mass is 16.6. The van der Waals surface area contributed by atoms with Crippen molar-refractivity contribution in [1.29, 1.82) is 0 Å². The quantitative estimate of drug-likeness (QED) is 0.353. The summed E-state index contributed by atoms with van der Waals surface area (Å²) in [6.07, 6.45) is 0. The van der Waals surface area contributed by atoms with E-state index in [9.17, 15) is 19.7 Å². The number of nitrogens with zero attached hydrogens (tertiary/aromatic N) is 1. The van der Waals surface area contributed by atoms with Gasteiger partial charge in [-0.2, -0.15) is 0 Å². The number of carbonyl (C=O) groups is 2. The summed E-state index contributed by atoms with van der Waals surface area (Å²) >= 11 is 0. The fraction of sp³-hybridized carbons (Fsp3) is 0.200. The molecule has 0 radical (unpaired) electrons. The van der Waals surface area contributed by atoms with Gasteiger partial charge in [0.2, 0.25) is 5.91 Å². The van der Waals surface area contributed by atoms with E-state index in [2.05, 4.69) is 0 Å². The molecule has 2 N–H and O–H groups in total. The standard InChI is InChI=1S/C10H10N2O4/c1-6(10(11)14)9(13)7-3-2-4-8(5-7)12(15)16/h2-6H,1H3,(H2,11,14). The molecule has 0 aliphatic carbocycles. The van der Waals surface area contributed by atoms with Gasteiger partial charge in [0.1, 0.15) is 0 Å². The summed E-state index contributed by atoms with van der Waals surface area (Å²) in [5.41, 5.74) is 4.90. The van der Waals surface area contributed by atoms with Crippen molar-refractivity contribution in [2.45, 2.75) is 6.92 Å². The average molecular weight is 222 g/mol. The van der Waals surface area contributed by atoms with Gasteiger partial charge in [0.25, 0.3) is 5.69 Å². The van der Waals surface area contributed by atoms with E-state index in [1.54, 1.807) is 0 Å². The maximum Gasteiger partial charge on any atom is 0.270 e. The number of ketones is 1. The Morgan fingerprint density at radius 2 is 2.06 bits per heavy atom. The van der Waals surface area contributed by atoms with Gasteiger partial charge in [0.15, 0.2) is 5.78 Å². The Hall–Kier alpha value is -2.24. The summed E-state index contributed by atoms with van der Waals surface area (Å²) in [7, 11) is 0. The van der Waals surface area contributed by atoms with Crippen LogP contribution in [0.15, 0.2) is 24.3 Å². The molecule has 1 atom stereocenters. The third-order valence-electron chi connectivity index (χ3n) is 2.16. The fourth-order valence-electron chi connectivity index (χ4n) is 1.15. The summed E-state index contributed by atoms with van der Waals surface area (Å²) in [6, 6.07) is 5.20. The van der Waals surface area contributed by atoms with E-state index in [1.165, 1.54) is 25.1 Å². The number of Topliss-reactive ketones (excluding diaryl/α,β-unsaturated/α-hetero) is 1. The molecule has 1 aromatic rings. The smallest absolute Gasteiger partial charge is 0.270 e. The van der Waals surface area contributed by atoms with Crippen molar-refractivity contribution < 1.29 is 14.5 Å². The second-order valence-corrected chi connectivity index (χ2v) is 3.30. The van der Waals surface area contributed by atoms with E-state index in [0.29, 0.717) is 0 Å². The third kappa shape index (κ3) is 2.41. The van der Waals surface area contributed by atoms with E-state index in [1.807, 2.05) is 0 Å². The van der Waals surface area contributed by atoms with E-state index in [4.69, 9.17) is 5.73 Å². The lowest BCUT2D eigenvalue weighted by molar-refractivity contribution is -0.384. The minimum Gasteiger partial charge on any atom is -0.369 e. The molecule has 0 bridgehead atoms. The summed E-state index contributed by atoms with van der Waals surface area (Å²) in [5, 5.41) is 10.5. The lowest BCUT2D eigenvalue weighted by atomic mass is 9.98. The topological polar surface area (TPSA) is 103 Å². The predicted octanol–water partition coefficient (Wildman–Crippen LogP) is 0.899. The molecule has 0 aliphatic rings. The molecule has 0 fully saturated rings. The van der Waals surface area contributed by atoms with E-state index in [-0.39, 0.29) is 11.3 Å². The molecule has 1 amide bonds. The number of nitro groups is 1. The Labute approximate surface area is 91.2 Å². The molecule has 0 heterocycles. The Morgan fingerprint density at radius 1 is 1.44 bits per heavy atom. The minimum absolute atomic E-state index is 0.112. The Morgan fingerprint density at radius 3 is 2.56 bits per heavy atom. The van der Waals surface area contributed by atoms with Gasteiger partial charge in [-0.1, -0.05) is 12.1 Å². The average Bonchev–Trinajstić information content (AvgIpc) is 2.27. The normalized spacial score (nSPS) is 11.8. The summed E-state index contributed by atoms with van der Waals surface area (Å²) in [5.74, 6) is -2.25. The predicted molar refractivity (Wildman–Crippen MR) is 55.8 cm³/mol. The van der Waals surface area contributed by atoms with Crippen molar-refractivity contribution in [3.63, 3.8) is 0 Å². The minimum atomic E-state index is -0.984. The molecule has 1 rings (SSSR count). The maximum atomic E-state index is 11.6. The van der Waals surface area contributed by atoms with Crippen LogP contribution in [0.25, 0.3) is 0 Å². The zero-order chi connectivity index (χ0) is 12.3. The molecule has 0 spiro atoms. The fourth-order valence-corrected chi connectivity index (χ4v) is 1.15. The molecule has 0 aromatic heterocycles. The van der Waals surface area contributed by atoms with Crippen LogP contribution < -0.4 is 5.73 Å². The van der Waals surface area contributed by atoms with Gasteiger partial charge in [0.05, 0.1) is 10.8 Å². The summed E-state index contributed by atoms with van der Waals surface area (Å²) in [6.45, 7) is 1.36. The Kier molecular flexibility index (Phi) is 3.34.